The van der Waals surface area contributed by atoms with Crippen LogP contribution in [-0.2, 0) is 0 Å². The molecule has 2 rings (SSSR count). The van der Waals surface area contributed by atoms with Gasteiger partial charge in [0.2, 0.25) is 0 Å². The molecule has 1 atom stereocenters. The second kappa shape index (κ2) is 5.55. The minimum atomic E-state index is -0.672. The lowest BCUT2D eigenvalue weighted by molar-refractivity contribution is 0.214. The Labute approximate surface area is 115 Å². The number of aliphatic hydroxyl groups excluding tert-OH is 1. The van der Waals surface area contributed by atoms with Crippen molar-refractivity contribution in [1.29, 1.82) is 0 Å². The summed E-state index contributed by atoms with van der Waals surface area (Å²) >= 11 is 3.43. The van der Waals surface area contributed by atoms with Crippen LogP contribution in [0.2, 0.25) is 0 Å². The van der Waals surface area contributed by atoms with E-state index < -0.39 is 6.10 Å². The Bertz CT molecular complexity index is 538. The number of halogens is 1. The van der Waals surface area contributed by atoms with Crippen molar-refractivity contribution in [3.8, 4) is 5.75 Å². The number of aliphatic hydroxyl groups is 1. The Kier molecular flexibility index (Phi) is 4.04. The quantitative estimate of drug-likeness (QED) is 0.933. The molecule has 1 unspecified atom stereocenters. The molecule has 0 saturated heterocycles. The number of ether oxygens (including phenoxy) is 1. The van der Waals surface area contributed by atoms with Crippen LogP contribution in [0.1, 0.15) is 22.8 Å². The molecule has 0 aliphatic carbocycles. The Morgan fingerprint density at radius 2 is 1.83 bits per heavy atom. The van der Waals surface area contributed by atoms with Crippen LogP contribution in [0.4, 0.5) is 0 Å². The van der Waals surface area contributed by atoms with Gasteiger partial charge in [0.25, 0.3) is 0 Å². The van der Waals surface area contributed by atoms with Crippen molar-refractivity contribution in [2.24, 2.45) is 0 Å². The molecule has 0 aromatic heterocycles. The first-order valence-corrected chi connectivity index (χ1v) is 6.50. The van der Waals surface area contributed by atoms with E-state index in [0.717, 1.165) is 21.2 Å². The lowest BCUT2D eigenvalue weighted by atomic mass is 9.96. The average Bonchev–Trinajstić information content (AvgIpc) is 2.38. The summed E-state index contributed by atoms with van der Waals surface area (Å²) in [6, 6.07) is 13.4. The Morgan fingerprint density at radius 1 is 1.17 bits per heavy atom. The summed E-state index contributed by atoms with van der Waals surface area (Å²) in [5, 5.41) is 10.5. The first-order valence-electron chi connectivity index (χ1n) is 5.70. The predicted molar refractivity (Wildman–Crippen MR) is 75.9 cm³/mol. The summed E-state index contributed by atoms with van der Waals surface area (Å²) in [5.74, 6) is 0.693. The number of benzene rings is 2. The fourth-order valence-corrected chi connectivity index (χ4v) is 2.60. The van der Waals surface area contributed by atoms with Gasteiger partial charge in [0.15, 0.2) is 0 Å². The molecule has 2 nitrogen and oxygen atoms in total. The molecule has 0 amide bonds. The minimum Gasteiger partial charge on any atom is -0.496 e. The first-order chi connectivity index (χ1) is 8.63. The highest BCUT2D eigenvalue weighted by atomic mass is 79.9. The summed E-state index contributed by atoms with van der Waals surface area (Å²) in [7, 11) is 1.61. The molecule has 0 spiro atoms. The third-order valence-corrected chi connectivity index (χ3v) is 3.38. The van der Waals surface area contributed by atoms with Gasteiger partial charge in [-0.2, -0.15) is 0 Å². The molecule has 0 heterocycles. The van der Waals surface area contributed by atoms with Crippen molar-refractivity contribution in [3.63, 3.8) is 0 Å². The highest BCUT2D eigenvalue weighted by Gasteiger charge is 2.18. The number of aryl methyl sites for hydroxylation is 1. The average molecular weight is 307 g/mol. The van der Waals surface area contributed by atoms with Crippen LogP contribution in [0.3, 0.4) is 0 Å². The highest BCUT2D eigenvalue weighted by Crippen LogP contribution is 2.35. The van der Waals surface area contributed by atoms with Gasteiger partial charge in [-0.15, -0.1) is 0 Å². The van der Waals surface area contributed by atoms with Gasteiger partial charge < -0.3 is 9.84 Å². The molecule has 0 saturated carbocycles. The summed E-state index contributed by atoms with van der Waals surface area (Å²) in [6.45, 7) is 1.97. The van der Waals surface area contributed by atoms with Crippen molar-refractivity contribution in [2.75, 3.05) is 7.11 Å². The second-order valence-electron chi connectivity index (χ2n) is 4.15. The van der Waals surface area contributed by atoms with Gasteiger partial charge in [-0.3, -0.25) is 0 Å². The van der Waals surface area contributed by atoms with Crippen LogP contribution in [0.5, 0.6) is 5.75 Å². The fraction of sp³-hybridized carbons (Fsp3) is 0.200. The maximum atomic E-state index is 10.5. The summed E-state index contributed by atoms with van der Waals surface area (Å²) in [6.07, 6.45) is -0.672. The van der Waals surface area contributed by atoms with Crippen LogP contribution in [0.25, 0.3) is 0 Å². The predicted octanol–water partition coefficient (Wildman–Crippen LogP) is 3.85. The lowest BCUT2D eigenvalue weighted by Gasteiger charge is -2.18. The third-order valence-electron chi connectivity index (χ3n) is 2.92. The number of hydrogen-bond donors (Lipinski definition) is 1. The molecule has 0 aliphatic rings. The molecule has 2 aromatic carbocycles. The topological polar surface area (TPSA) is 29.5 Å². The zero-order chi connectivity index (χ0) is 13.1. The van der Waals surface area contributed by atoms with Crippen LogP contribution in [0, 0.1) is 6.92 Å². The van der Waals surface area contributed by atoms with E-state index >= 15 is 0 Å². The zero-order valence-electron chi connectivity index (χ0n) is 10.4. The van der Waals surface area contributed by atoms with E-state index in [4.69, 9.17) is 4.74 Å². The minimum absolute atomic E-state index is 0.672. The Morgan fingerprint density at radius 3 is 2.44 bits per heavy atom. The van der Waals surface area contributed by atoms with E-state index in [1.807, 2.05) is 49.4 Å². The van der Waals surface area contributed by atoms with Gasteiger partial charge in [0, 0.05) is 10.0 Å². The molecule has 18 heavy (non-hydrogen) atoms. The van der Waals surface area contributed by atoms with E-state index in [1.165, 1.54) is 0 Å². The molecule has 0 aliphatic heterocycles. The first kappa shape index (κ1) is 13.1. The third kappa shape index (κ3) is 2.57. The molecule has 0 fully saturated rings. The van der Waals surface area contributed by atoms with Crippen LogP contribution in [0.15, 0.2) is 46.9 Å². The maximum Gasteiger partial charge on any atom is 0.126 e. The van der Waals surface area contributed by atoms with Crippen molar-refractivity contribution in [3.05, 3.63) is 63.6 Å². The highest BCUT2D eigenvalue weighted by molar-refractivity contribution is 9.10. The summed E-state index contributed by atoms with van der Waals surface area (Å²) in [4.78, 5) is 0. The van der Waals surface area contributed by atoms with E-state index in [9.17, 15) is 5.11 Å². The van der Waals surface area contributed by atoms with Gasteiger partial charge in [-0.1, -0.05) is 46.3 Å². The number of rotatable bonds is 3. The molecule has 2 aromatic rings. The van der Waals surface area contributed by atoms with Gasteiger partial charge in [-0.25, -0.2) is 0 Å². The normalized spacial score (nSPS) is 12.2. The molecule has 0 radical (unpaired) electrons. The zero-order valence-corrected chi connectivity index (χ0v) is 11.9. The summed E-state index contributed by atoms with van der Waals surface area (Å²) in [5.41, 5.74) is 2.67. The standard InChI is InChI=1S/C15H15BrO2/c1-10-8-12(16)9-13(18-2)14(10)15(17)11-6-4-3-5-7-11/h3-9,15,17H,1-2H3. The molecule has 3 heteroatoms. The molecule has 94 valence electrons. The fourth-order valence-electron chi connectivity index (χ4n) is 2.04. The van der Waals surface area contributed by atoms with Crippen LogP contribution < -0.4 is 4.74 Å². The molecule has 0 bridgehead atoms. The van der Waals surface area contributed by atoms with E-state index in [-0.39, 0.29) is 0 Å². The lowest BCUT2D eigenvalue weighted by Crippen LogP contribution is -2.04. The van der Waals surface area contributed by atoms with Crippen LogP contribution in [-0.4, -0.2) is 12.2 Å². The van der Waals surface area contributed by atoms with Gasteiger partial charge in [0.05, 0.1) is 7.11 Å². The Hall–Kier alpha value is -1.32. The summed E-state index contributed by atoms with van der Waals surface area (Å²) < 4.78 is 6.30. The molecular formula is C15H15BrO2. The Balaban J connectivity index is 2.51. The van der Waals surface area contributed by atoms with Gasteiger partial charge >= 0.3 is 0 Å². The van der Waals surface area contributed by atoms with Crippen LogP contribution >= 0.6 is 15.9 Å². The number of hydrogen-bond acceptors (Lipinski definition) is 2. The monoisotopic (exact) mass is 306 g/mol. The van der Waals surface area contributed by atoms with Crippen molar-refractivity contribution >= 4 is 15.9 Å². The van der Waals surface area contributed by atoms with Crippen molar-refractivity contribution in [1.82, 2.24) is 0 Å². The second-order valence-corrected chi connectivity index (χ2v) is 5.07. The molecule has 1 N–H and O–H groups in total. The van der Waals surface area contributed by atoms with Gasteiger partial charge in [-0.05, 0) is 30.2 Å². The van der Waals surface area contributed by atoms with Crippen molar-refractivity contribution < 1.29 is 9.84 Å². The van der Waals surface area contributed by atoms with E-state index in [0.29, 0.717) is 5.75 Å². The smallest absolute Gasteiger partial charge is 0.126 e. The van der Waals surface area contributed by atoms with Crippen molar-refractivity contribution in [2.45, 2.75) is 13.0 Å². The van der Waals surface area contributed by atoms with E-state index in [1.54, 1.807) is 7.11 Å². The SMILES string of the molecule is COc1cc(Br)cc(C)c1C(O)c1ccccc1. The largest absolute Gasteiger partial charge is 0.496 e. The number of methoxy groups -OCH3 is 1. The van der Waals surface area contributed by atoms with Gasteiger partial charge in [0.1, 0.15) is 11.9 Å². The molecular weight excluding hydrogens is 292 g/mol. The van der Waals surface area contributed by atoms with E-state index in [2.05, 4.69) is 15.9 Å². The maximum absolute atomic E-state index is 10.5.